The zero-order valence-corrected chi connectivity index (χ0v) is 10.3. The van der Waals surface area contributed by atoms with Gasteiger partial charge in [0.2, 0.25) is 5.91 Å². The average Bonchev–Trinajstić information content (AvgIpc) is 1.99. The van der Waals surface area contributed by atoms with Crippen molar-refractivity contribution in [3.05, 3.63) is 0 Å². The van der Waals surface area contributed by atoms with E-state index in [2.05, 4.69) is 39.9 Å². The molecule has 0 heterocycles. The molecule has 1 amide bonds. The van der Waals surface area contributed by atoms with Gasteiger partial charge in [-0.15, -0.1) is 0 Å². The monoisotopic (exact) mass is 199 g/mol. The zero-order chi connectivity index (χ0) is 11.2. The fourth-order valence-electron chi connectivity index (χ4n) is 1.08. The zero-order valence-electron chi connectivity index (χ0n) is 10.3. The third-order valence-electron chi connectivity index (χ3n) is 2.15. The molecular formula is C12H25NO. The minimum atomic E-state index is 0.195. The molecule has 2 nitrogen and oxygen atoms in total. The van der Waals surface area contributed by atoms with Crippen molar-refractivity contribution >= 4 is 5.91 Å². The van der Waals surface area contributed by atoms with Crippen LogP contribution in [0.5, 0.6) is 0 Å². The van der Waals surface area contributed by atoms with Crippen LogP contribution in [0.3, 0.4) is 0 Å². The van der Waals surface area contributed by atoms with Gasteiger partial charge in [0.15, 0.2) is 0 Å². The van der Waals surface area contributed by atoms with E-state index < -0.39 is 0 Å². The van der Waals surface area contributed by atoms with Gasteiger partial charge in [0.05, 0.1) is 0 Å². The van der Waals surface area contributed by atoms with Crippen LogP contribution in [0, 0.1) is 11.3 Å². The predicted octanol–water partition coefficient (Wildman–Crippen LogP) is 2.98. The molecule has 0 atom stereocenters. The SMILES string of the molecule is CC(C)CCNC(=O)CCC(C)(C)C. The van der Waals surface area contributed by atoms with Gasteiger partial charge in [-0.05, 0) is 24.2 Å². The summed E-state index contributed by atoms with van der Waals surface area (Å²) in [4.78, 5) is 11.4. The van der Waals surface area contributed by atoms with Crippen LogP contribution in [0.2, 0.25) is 0 Å². The van der Waals surface area contributed by atoms with E-state index in [1.807, 2.05) is 0 Å². The van der Waals surface area contributed by atoms with Crippen molar-refractivity contribution in [3.63, 3.8) is 0 Å². The Morgan fingerprint density at radius 2 is 1.86 bits per heavy atom. The number of nitrogens with one attached hydrogen (secondary N) is 1. The first kappa shape index (κ1) is 13.5. The van der Waals surface area contributed by atoms with E-state index in [1.165, 1.54) is 0 Å². The van der Waals surface area contributed by atoms with Crippen LogP contribution >= 0.6 is 0 Å². The quantitative estimate of drug-likeness (QED) is 0.724. The lowest BCUT2D eigenvalue weighted by molar-refractivity contribution is -0.121. The molecule has 84 valence electrons. The van der Waals surface area contributed by atoms with Crippen molar-refractivity contribution in [2.24, 2.45) is 11.3 Å². The highest BCUT2D eigenvalue weighted by Crippen LogP contribution is 2.20. The van der Waals surface area contributed by atoms with Crippen molar-refractivity contribution in [1.29, 1.82) is 0 Å². The molecule has 0 aromatic heterocycles. The molecule has 0 fully saturated rings. The Kier molecular flexibility index (Phi) is 5.82. The van der Waals surface area contributed by atoms with Crippen LogP contribution in [-0.2, 0) is 4.79 Å². The first-order valence-electron chi connectivity index (χ1n) is 5.58. The molecule has 0 spiro atoms. The molecule has 0 bridgehead atoms. The molecule has 0 radical (unpaired) electrons. The van der Waals surface area contributed by atoms with Crippen molar-refractivity contribution in [3.8, 4) is 0 Å². The number of carbonyl (C=O) groups is 1. The molecule has 0 aliphatic rings. The van der Waals surface area contributed by atoms with Crippen LogP contribution in [0.15, 0.2) is 0 Å². The van der Waals surface area contributed by atoms with E-state index in [4.69, 9.17) is 0 Å². The Hall–Kier alpha value is -0.530. The Balaban J connectivity index is 3.47. The smallest absolute Gasteiger partial charge is 0.220 e. The average molecular weight is 199 g/mol. The molecular weight excluding hydrogens is 174 g/mol. The summed E-state index contributed by atoms with van der Waals surface area (Å²) in [7, 11) is 0. The van der Waals surface area contributed by atoms with E-state index in [-0.39, 0.29) is 11.3 Å². The second-order valence-electron chi connectivity index (χ2n) is 5.59. The Morgan fingerprint density at radius 3 is 2.29 bits per heavy atom. The fraction of sp³-hybridized carbons (Fsp3) is 0.917. The van der Waals surface area contributed by atoms with Crippen LogP contribution in [0.1, 0.15) is 53.9 Å². The van der Waals surface area contributed by atoms with Crippen LogP contribution in [0.25, 0.3) is 0 Å². The molecule has 0 unspecified atom stereocenters. The van der Waals surface area contributed by atoms with Gasteiger partial charge < -0.3 is 5.32 Å². The van der Waals surface area contributed by atoms with Gasteiger partial charge in [0.1, 0.15) is 0 Å². The van der Waals surface area contributed by atoms with Crippen molar-refractivity contribution in [1.82, 2.24) is 5.32 Å². The first-order valence-corrected chi connectivity index (χ1v) is 5.58. The summed E-state index contributed by atoms with van der Waals surface area (Å²) in [6, 6.07) is 0. The molecule has 1 N–H and O–H groups in total. The number of rotatable bonds is 5. The van der Waals surface area contributed by atoms with Gasteiger partial charge in [-0.3, -0.25) is 4.79 Å². The van der Waals surface area contributed by atoms with Gasteiger partial charge in [-0.25, -0.2) is 0 Å². The van der Waals surface area contributed by atoms with E-state index in [0.717, 1.165) is 19.4 Å². The van der Waals surface area contributed by atoms with Gasteiger partial charge in [0.25, 0.3) is 0 Å². The van der Waals surface area contributed by atoms with Crippen LogP contribution in [0.4, 0.5) is 0 Å². The molecule has 0 aromatic carbocycles. The topological polar surface area (TPSA) is 29.1 Å². The Bertz CT molecular complexity index is 168. The molecule has 14 heavy (non-hydrogen) atoms. The Labute approximate surface area is 88.5 Å². The maximum Gasteiger partial charge on any atom is 0.220 e. The van der Waals surface area contributed by atoms with Crippen LogP contribution < -0.4 is 5.32 Å². The predicted molar refractivity (Wildman–Crippen MR) is 61.2 cm³/mol. The van der Waals surface area contributed by atoms with E-state index >= 15 is 0 Å². The summed E-state index contributed by atoms with van der Waals surface area (Å²) in [5.41, 5.74) is 0.259. The number of hydrogen-bond donors (Lipinski definition) is 1. The maximum atomic E-state index is 11.4. The minimum Gasteiger partial charge on any atom is -0.356 e. The summed E-state index contributed by atoms with van der Waals surface area (Å²) in [5.74, 6) is 0.860. The lowest BCUT2D eigenvalue weighted by Gasteiger charge is -2.17. The summed E-state index contributed by atoms with van der Waals surface area (Å²) < 4.78 is 0. The fourth-order valence-corrected chi connectivity index (χ4v) is 1.08. The van der Waals surface area contributed by atoms with E-state index in [1.54, 1.807) is 0 Å². The molecule has 0 saturated heterocycles. The summed E-state index contributed by atoms with van der Waals surface area (Å²) >= 11 is 0. The third-order valence-corrected chi connectivity index (χ3v) is 2.15. The highest BCUT2D eigenvalue weighted by atomic mass is 16.1. The van der Waals surface area contributed by atoms with E-state index in [0.29, 0.717) is 12.3 Å². The maximum absolute atomic E-state index is 11.4. The van der Waals surface area contributed by atoms with Crippen LogP contribution in [-0.4, -0.2) is 12.5 Å². The van der Waals surface area contributed by atoms with Gasteiger partial charge in [0, 0.05) is 13.0 Å². The molecule has 0 rings (SSSR count). The highest BCUT2D eigenvalue weighted by molar-refractivity contribution is 5.75. The molecule has 0 aliphatic heterocycles. The largest absolute Gasteiger partial charge is 0.356 e. The number of hydrogen-bond acceptors (Lipinski definition) is 1. The highest BCUT2D eigenvalue weighted by Gasteiger charge is 2.12. The molecule has 0 aliphatic carbocycles. The summed E-state index contributed by atoms with van der Waals surface area (Å²) in [6.07, 6.45) is 2.68. The normalized spacial score (nSPS) is 11.9. The standard InChI is InChI=1S/C12H25NO/c1-10(2)7-9-13-11(14)6-8-12(3,4)5/h10H,6-9H2,1-5H3,(H,13,14). The van der Waals surface area contributed by atoms with Gasteiger partial charge in [-0.2, -0.15) is 0 Å². The molecule has 2 heteroatoms. The van der Waals surface area contributed by atoms with Crippen molar-refractivity contribution in [2.45, 2.75) is 53.9 Å². The van der Waals surface area contributed by atoms with Crippen molar-refractivity contribution < 1.29 is 4.79 Å². The lowest BCUT2D eigenvalue weighted by Crippen LogP contribution is -2.26. The van der Waals surface area contributed by atoms with Gasteiger partial charge >= 0.3 is 0 Å². The van der Waals surface area contributed by atoms with Crippen molar-refractivity contribution in [2.75, 3.05) is 6.54 Å². The Morgan fingerprint density at radius 1 is 1.29 bits per heavy atom. The molecule has 0 saturated carbocycles. The van der Waals surface area contributed by atoms with E-state index in [9.17, 15) is 4.79 Å². The summed E-state index contributed by atoms with van der Waals surface area (Å²) in [5, 5.41) is 2.95. The second kappa shape index (κ2) is 6.05. The number of carbonyl (C=O) groups excluding carboxylic acids is 1. The minimum absolute atomic E-state index is 0.195. The second-order valence-corrected chi connectivity index (χ2v) is 5.59. The first-order chi connectivity index (χ1) is 6.31. The van der Waals surface area contributed by atoms with Gasteiger partial charge in [-0.1, -0.05) is 34.6 Å². The summed E-state index contributed by atoms with van der Waals surface area (Å²) in [6.45, 7) is 11.6. The molecule has 0 aromatic rings. The number of amides is 1. The third kappa shape index (κ3) is 9.56. The lowest BCUT2D eigenvalue weighted by atomic mass is 9.90.